The predicted molar refractivity (Wildman–Crippen MR) is 96.3 cm³/mol. The van der Waals surface area contributed by atoms with Gasteiger partial charge in [0.05, 0.1) is 25.4 Å². The second-order valence-corrected chi connectivity index (χ2v) is 6.93. The molecule has 2 rings (SSSR count). The topological polar surface area (TPSA) is 79.0 Å². The number of nitrogens with zero attached hydrogens (tertiary/aromatic N) is 1. The first-order valence-electron chi connectivity index (χ1n) is 9.10. The molecule has 1 aromatic rings. The molecule has 0 unspecified atom stereocenters. The van der Waals surface area contributed by atoms with Gasteiger partial charge < -0.3 is 25.6 Å². The van der Waals surface area contributed by atoms with E-state index in [4.69, 9.17) is 10.5 Å². The summed E-state index contributed by atoms with van der Waals surface area (Å²) in [6.07, 6.45) is 6.38. The smallest absolute Gasteiger partial charge is 0.119 e. The van der Waals surface area contributed by atoms with Gasteiger partial charge in [0.15, 0.2) is 0 Å². The molecular formula is C19H32N2O3. The van der Waals surface area contributed by atoms with Crippen LogP contribution in [0.15, 0.2) is 24.3 Å². The van der Waals surface area contributed by atoms with E-state index in [1.165, 1.54) is 32.4 Å². The number of aryl methyl sites for hydroxylation is 1. The van der Waals surface area contributed by atoms with Crippen molar-refractivity contribution in [2.24, 2.45) is 5.73 Å². The van der Waals surface area contributed by atoms with Crippen molar-refractivity contribution in [2.45, 2.75) is 44.1 Å². The van der Waals surface area contributed by atoms with Gasteiger partial charge in [0.25, 0.3) is 0 Å². The van der Waals surface area contributed by atoms with E-state index in [0.29, 0.717) is 6.42 Å². The van der Waals surface area contributed by atoms with Gasteiger partial charge in [0.2, 0.25) is 0 Å². The van der Waals surface area contributed by atoms with Crippen LogP contribution in [0.4, 0.5) is 0 Å². The summed E-state index contributed by atoms with van der Waals surface area (Å²) in [5, 5.41) is 18.4. The van der Waals surface area contributed by atoms with Crippen LogP contribution >= 0.6 is 0 Å². The highest BCUT2D eigenvalue weighted by atomic mass is 16.5. The molecule has 0 saturated carbocycles. The Morgan fingerprint density at radius 3 is 2.33 bits per heavy atom. The number of ether oxygens (including phenoxy) is 1. The molecule has 5 nitrogen and oxygen atoms in total. The second-order valence-electron chi connectivity index (χ2n) is 6.93. The number of likely N-dealkylation sites (tertiary alicyclic amines) is 1. The second kappa shape index (κ2) is 9.99. The zero-order valence-corrected chi connectivity index (χ0v) is 14.6. The molecule has 1 saturated heterocycles. The lowest BCUT2D eigenvalue weighted by Gasteiger charge is -2.26. The molecule has 0 atom stereocenters. The van der Waals surface area contributed by atoms with Crippen molar-refractivity contribution in [2.75, 3.05) is 39.5 Å². The number of aliphatic hydroxyl groups is 2. The van der Waals surface area contributed by atoms with Crippen LogP contribution in [-0.2, 0) is 6.42 Å². The Hall–Kier alpha value is -1.14. The quantitative estimate of drug-likeness (QED) is 0.565. The molecule has 0 aliphatic carbocycles. The molecule has 0 aromatic heterocycles. The van der Waals surface area contributed by atoms with Crippen molar-refractivity contribution in [1.82, 2.24) is 4.90 Å². The molecule has 0 bridgehead atoms. The van der Waals surface area contributed by atoms with Crippen molar-refractivity contribution in [3.05, 3.63) is 29.8 Å². The number of hydrogen-bond donors (Lipinski definition) is 3. The third-order valence-electron chi connectivity index (χ3n) is 4.80. The summed E-state index contributed by atoms with van der Waals surface area (Å²) >= 11 is 0. The summed E-state index contributed by atoms with van der Waals surface area (Å²) in [6.45, 7) is 3.93. The number of benzene rings is 1. The summed E-state index contributed by atoms with van der Waals surface area (Å²) in [5.74, 6) is 0.890. The van der Waals surface area contributed by atoms with Crippen LogP contribution in [0.2, 0.25) is 0 Å². The van der Waals surface area contributed by atoms with E-state index in [9.17, 15) is 10.2 Å². The fourth-order valence-corrected chi connectivity index (χ4v) is 3.01. The molecule has 1 heterocycles. The highest BCUT2D eigenvalue weighted by molar-refractivity contribution is 5.27. The molecule has 0 amide bonds. The van der Waals surface area contributed by atoms with Crippen LogP contribution in [0.1, 0.15) is 37.7 Å². The minimum absolute atomic E-state index is 0.207. The van der Waals surface area contributed by atoms with Crippen LogP contribution in [0.3, 0.4) is 0 Å². The predicted octanol–water partition coefficient (Wildman–Crippen LogP) is 1.56. The van der Waals surface area contributed by atoms with Crippen molar-refractivity contribution >= 4 is 0 Å². The SMILES string of the molecule is NC(CO)(CO)CCc1ccc(OCCCN2CCCCC2)cc1. The van der Waals surface area contributed by atoms with Crippen LogP contribution in [0.5, 0.6) is 5.75 Å². The highest BCUT2D eigenvalue weighted by Gasteiger charge is 2.22. The maximum Gasteiger partial charge on any atom is 0.119 e. The standard InChI is InChI=1S/C19H32N2O3/c20-19(15-22,16-23)10-9-17-5-7-18(8-6-17)24-14-4-13-21-11-2-1-3-12-21/h5-8,22-23H,1-4,9-16,20H2. The monoisotopic (exact) mass is 336 g/mol. The zero-order valence-electron chi connectivity index (χ0n) is 14.6. The summed E-state index contributed by atoms with van der Waals surface area (Å²) in [6, 6.07) is 8.00. The average molecular weight is 336 g/mol. The molecule has 136 valence electrons. The first-order valence-corrected chi connectivity index (χ1v) is 9.10. The Morgan fingerprint density at radius 2 is 1.71 bits per heavy atom. The van der Waals surface area contributed by atoms with Crippen molar-refractivity contribution in [1.29, 1.82) is 0 Å². The number of aliphatic hydroxyl groups excluding tert-OH is 2. The van der Waals surface area contributed by atoms with Crippen molar-refractivity contribution < 1.29 is 14.9 Å². The molecule has 1 fully saturated rings. The van der Waals surface area contributed by atoms with Crippen LogP contribution in [0.25, 0.3) is 0 Å². The fraction of sp³-hybridized carbons (Fsp3) is 0.684. The maximum atomic E-state index is 9.21. The summed E-state index contributed by atoms with van der Waals surface area (Å²) in [5.41, 5.74) is 6.12. The molecule has 1 aromatic carbocycles. The van der Waals surface area contributed by atoms with E-state index in [1.807, 2.05) is 24.3 Å². The first kappa shape index (κ1) is 19.2. The van der Waals surface area contributed by atoms with Gasteiger partial charge in [-0.1, -0.05) is 18.6 Å². The molecule has 1 aliphatic rings. The van der Waals surface area contributed by atoms with E-state index in [0.717, 1.165) is 37.3 Å². The van der Waals surface area contributed by atoms with Crippen molar-refractivity contribution in [3.63, 3.8) is 0 Å². The normalized spacial score (nSPS) is 16.3. The van der Waals surface area contributed by atoms with Gasteiger partial charge in [-0.2, -0.15) is 0 Å². The molecular weight excluding hydrogens is 304 g/mol. The minimum Gasteiger partial charge on any atom is -0.494 e. The van der Waals surface area contributed by atoms with E-state index in [-0.39, 0.29) is 13.2 Å². The average Bonchev–Trinajstić information content (AvgIpc) is 2.65. The van der Waals surface area contributed by atoms with Gasteiger partial charge in [0, 0.05) is 6.54 Å². The summed E-state index contributed by atoms with van der Waals surface area (Å²) in [7, 11) is 0. The third-order valence-corrected chi connectivity index (χ3v) is 4.80. The van der Waals surface area contributed by atoms with Gasteiger partial charge in [-0.3, -0.25) is 0 Å². The lowest BCUT2D eigenvalue weighted by Crippen LogP contribution is -2.47. The number of hydrogen-bond acceptors (Lipinski definition) is 5. The molecule has 1 aliphatic heterocycles. The number of nitrogens with two attached hydrogens (primary N) is 1. The van der Waals surface area contributed by atoms with E-state index in [2.05, 4.69) is 4.90 Å². The van der Waals surface area contributed by atoms with E-state index < -0.39 is 5.54 Å². The lowest BCUT2D eigenvalue weighted by atomic mass is 9.94. The Labute approximate surface area is 145 Å². The number of rotatable bonds is 10. The van der Waals surface area contributed by atoms with Gasteiger partial charge in [-0.05, 0) is 62.9 Å². The van der Waals surface area contributed by atoms with Crippen molar-refractivity contribution in [3.8, 4) is 5.75 Å². The van der Waals surface area contributed by atoms with Gasteiger partial charge in [-0.25, -0.2) is 0 Å². The molecule has 0 radical (unpaired) electrons. The third kappa shape index (κ3) is 6.40. The van der Waals surface area contributed by atoms with E-state index >= 15 is 0 Å². The molecule has 5 heteroatoms. The summed E-state index contributed by atoms with van der Waals surface area (Å²) in [4.78, 5) is 2.53. The zero-order chi connectivity index (χ0) is 17.3. The fourth-order valence-electron chi connectivity index (χ4n) is 3.01. The van der Waals surface area contributed by atoms with Gasteiger partial charge >= 0.3 is 0 Å². The van der Waals surface area contributed by atoms with Crippen LogP contribution < -0.4 is 10.5 Å². The van der Waals surface area contributed by atoms with E-state index in [1.54, 1.807) is 0 Å². The first-order chi connectivity index (χ1) is 11.6. The number of piperidine rings is 1. The molecule has 24 heavy (non-hydrogen) atoms. The Kier molecular flexibility index (Phi) is 7.99. The Morgan fingerprint density at radius 1 is 1.04 bits per heavy atom. The van der Waals surface area contributed by atoms with Crippen LogP contribution in [0, 0.1) is 0 Å². The summed E-state index contributed by atoms with van der Waals surface area (Å²) < 4.78 is 5.81. The van der Waals surface area contributed by atoms with Gasteiger partial charge in [0.1, 0.15) is 5.75 Å². The minimum atomic E-state index is -0.899. The Balaban J connectivity index is 1.66. The largest absolute Gasteiger partial charge is 0.494 e. The molecule has 0 spiro atoms. The maximum absolute atomic E-state index is 9.21. The Bertz CT molecular complexity index is 454. The molecule has 4 N–H and O–H groups in total. The van der Waals surface area contributed by atoms with Gasteiger partial charge in [-0.15, -0.1) is 0 Å². The lowest BCUT2D eigenvalue weighted by molar-refractivity contribution is 0.115. The van der Waals surface area contributed by atoms with Crippen LogP contribution in [-0.4, -0.2) is 60.1 Å². The highest BCUT2D eigenvalue weighted by Crippen LogP contribution is 2.16.